The van der Waals surface area contributed by atoms with Crippen LogP contribution >= 0.6 is 22.9 Å². The van der Waals surface area contributed by atoms with Gasteiger partial charge in [-0.3, -0.25) is 14.9 Å². The van der Waals surface area contributed by atoms with Gasteiger partial charge in [0.25, 0.3) is 11.8 Å². The number of nitrogens with one attached hydrogen (secondary N) is 1. The SMILES string of the molecule is CC(=O)c1ccc(C(=O)Nc2nnc(-c3ccc(Cl)s3)o2)cc1. The first-order valence-corrected chi connectivity index (χ1v) is 7.74. The van der Waals surface area contributed by atoms with Crippen LogP contribution in [0, 0.1) is 0 Å². The zero-order valence-electron chi connectivity index (χ0n) is 11.9. The Morgan fingerprint density at radius 2 is 1.78 bits per heavy atom. The molecule has 0 aliphatic rings. The van der Waals surface area contributed by atoms with Crippen molar-refractivity contribution in [2.24, 2.45) is 0 Å². The molecule has 0 spiro atoms. The van der Waals surface area contributed by atoms with E-state index in [0.717, 1.165) is 0 Å². The quantitative estimate of drug-likeness (QED) is 0.723. The molecular weight excluding hydrogens is 338 g/mol. The third kappa shape index (κ3) is 3.46. The van der Waals surface area contributed by atoms with E-state index in [9.17, 15) is 9.59 Å². The first-order valence-electron chi connectivity index (χ1n) is 6.54. The molecule has 2 aromatic heterocycles. The van der Waals surface area contributed by atoms with E-state index in [1.165, 1.54) is 18.3 Å². The lowest BCUT2D eigenvalue weighted by molar-refractivity contribution is 0.100. The Bertz CT molecular complexity index is 870. The summed E-state index contributed by atoms with van der Waals surface area (Å²) in [7, 11) is 0. The summed E-state index contributed by atoms with van der Waals surface area (Å²) in [6.07, 6.45) is 0. The molecule has 3 rings (SSSR count). The first kappa shape index (κ1) is 15.4. The van der Waals surface area contributed by atoms with Gasteiger partial charge in [0.2, 0.25) is 0 Å². The van der Waals surface area contributed by atoms with Gasteiger partial charge in [-0.05, 0) is 31.2 Å². The Kier molecular flexibility index (Phi) is 4.22. The molecule has 1 aromatic carbocycles. The number of aromatic nitrogens is 2. The van der Waals surface area contributed by atoms with Crippen LogP contribution in [0.4, 0.5) is 6.01 Å². The number of ketones is 1. The smallest absolute Gasteiger partial charge is 0.322 e. The molecule has 0 atom stereocenters. The van der Waals surface area contributed by atoms with Crippen molar-refractivity contribution in [3.8, 4) is 10.8 Å². The second-order valence-electron chi connectivity index (χ2n) is 4.60. The minimum atomic E-state index is -0.403. The number of amides is 1. The van der Waals surface area contributed by atoms with Crippen molar-refractivity contribution in [2.45, 2.75) is 6.92 Å². The molecule has 0 bridgehead atoms. The van der Waals surface area contributed by atoms with E-state index < -0.39 is 5.91 Å². The molecule has 6 nitrogen and oxygen atoms in total. The normalized spacial score (nSPS) is 10.5. The molecule has 0 saturated carbocycles. The molecular formula is C15H10ClN3O3S. The van der Waals surface area contributed by atoms with E-state index in [2.05, 4.69) is 15.5 Å². The number of hydrogen-bond acceptors (Lipinski definition) is 6. The average molecular weight is 348 g/mol. The van der Waals surface area contributed by atoms with Crippen molar-refractivity contribution >= 4 is 40.6 Å². The number of Topliss-reactive ketones (excluding diaryl/α,β-unsaturated/α-hetero) is 1. The van der Waals surface area contributed by atoms with E-state index >= 15 is 0 Å². The van der Waals surface area contributed by atoms with E-state index in [1.54, 1.807) is 36.4 Å². The number of rotatable bonds is 4. The lowest BCUT2D eigenvalue weighted by Gasteiger charge is -2.01. The summed E-state index contributed by atoms with van der Waals surface area (Å²) in [6.45, 7) is 1.46. The van der Waals surface area contributed by atoms with Gasteiger partial charge in [0.15, 0.2) is 5.78 Å². The van der Waals surface area contributed by atoms with Gasteiger partial charge in [0.1, 0.15) is 0 Å². The van der Waals surface area contributed by atoms with E-state index in [1.807, 2.05) is 0 Å². The van der Waals surface area contributed by atoms with Crippen LogP contribution in [-0.4, -0.2) is 21.9 Å². The van der Waals surface area contributed by atoms with Crippen molar-refractivity contribution < 1.29 is 14.0 Å². The summed E-state index contributed by atoms with van der Waals surface area (Å²) in [4.78, 5) is 24.0. The Morgan fingerprint density at radius 1 is 1.09 bits per heavy atom. The maximum absolute atomic E-state index is 12.1. The number of benzene rings is 1. The van der Waals surface area contributed by atoms with Crippen molar-refractivity contribution in [2.75, 3.05) is 5.32 Å². The maximum Gasteiger partial charge on any atom is 0.322 e. The van der Waals surface area contributed by atoms with Crippen LogP contribution in [0.5, 0.6) is 0 Å². The largest absolute Gasteiger partial charge is 0.402 e. The second-order valence-corrected chi connectivity index (χ2v) is 6.32. The molecule has 1 N–H and O–H groups in total. The van der Waals surface area contributed by atoms with Crippen LogP contribution < -0.4 is 5.32 Å². The summed E-state index contributed by atoms with van der Waals surface area (Å²) in [5.41, 5.74) is 0.921. The van der Waals surface area contributed by atoms with Gasteiger partial charge in [0.05, 0.1) is 9.21 Å². The summed E-state index contributed by atoms with van der Waals surface area (Å²) in [6, 6.07) is 9.76. The van der Waals surface area contributed by atoms with Crippen LogP contribution in [0.1, 0.15) is 27.6 Å². The summed E-state index contributed by atoms with van der Waals surface area (Å²) >= 11 is 7.15. The monoisotopic (exact) mass is 347 g/mol. The van der Waals surface area contributed by atoms with Crippen LogP contribution in [0.3, 0.4) is 0 Å². The number of halogens is 1. The number of nitrogens with zero attached hydrogens (tertiary/aromatic N) is 2. The number of carbonyl (C=O) groups excluding carboxylic acids is 2. The van der Waals surface area contributed by atoms with Gasteiger partial charge in [-0.1, -0.05) is 28.8 Å². The Balaban J connectivity index is 1.73. The molecule has 0 fully saturated rings. The maximum atomic E-state index is 12.1. The zero-order chi connectivity index (χ0) is 16.4. The highest BCUT2D eigenvalue weighted by Crippen LogP contribution is 2.30. The number of hydrogen-bond donors (Lipinski definition) is 1. The Labute approximate surface area is 140 Å². The standard InChI is InChI=1S/C15H10ClN3O3S/c1-8(20)9-2-4-10(5-3-9)13(21)17-15-19-18-14(22-15)11-6-7-12(16)23-11/h2-7H,1H3,(H,17,19,21). The van der Waals surface area contributed by atoms with Gasteiger partial charge in [-0.25, -0.2) is 0 Å². The predicted octanol–water partition coefficient (Wildman–Crippen LogP) is 3.91. The average Bonchev–Trinajstić information content (AvgIpc) is 3.16. The zero-order valence-corrected chi connectivity index (χ0v) is 13.4. The number of carbonyl (C=O) groups is 2. The summed E-state index contributed by atoms with van der Waals surface area (Å²) in [5.74, 6) is -0.184. The minimum Gasteiger partial charge on any atom is -0.402 e. The Morgan fingerprint density at radius 3 is 2.39 bits per heavy atom. The lowest BCUT2D eigenvalue weighted by atomic mass is 10.1. The molecule has 8 heteroatoms. The molecule has 2 heterocycles. The molecule has 0 unspecified atom stereocenters. The predicted molar refractivity (Wildman–Crippen MR) is 87.0 cm³/mol. The van der Waals surface area contributed by atoms with Crippen molar-refractivity contribution in [1.82, 2.24) is 10.2 Å². The van der Waals surface area contributed by atoms with Crippen molar-refractivity contribution in [3.05, 3.63) is 51.9 Å². The number of anilines is 1. The third-order valence-electron chi connectivity index (χ3n) is 2.98. The molecule has 116 valence electrons. The first-order chi connectivity index (χ1) is 11.0. The van der Waals surface area contributed by atoms with Gasteiger partial charge in [-0.15, -0.1) is 16.4 Å². The molecule has 0 aliphatic carbocycles. The number of thiophene rings is 1. The minimum absolute atomic E-state index is 0.00910. The van der Waals surface area contributed by atoms with Crippen LogP contribution in [0.15, 0.2) is 40.8 Å². The van der Waals surface area contributed by atoms with E-state index in [-0.39, 0.29) is 17.7 Å². The molecule has 3 aromatic rings. The summed E-state index contributed by atoms with van der Waals surface area (Å²) < 4.78 is 5.99. The highest BCUT2D eigenvalue weighted by molar-refractivity contribution is 7.19. The van der Waals surface area contributed by atoms with Gasteiger partial charge >= 0.3 is 6.01 Å². The van der Waals surface area contributed by atoms with Crippen molar-refractivity contribution in [1.29, 1.82) is 0 Å². The van der Waals surface area contributed by atoms with Gasteiger partial charge < -0.3 is 4.42 Å². The van der Waals surface area contributed by atoms with Crippen LogP contribution in [0.2, 0.25) is 4.34 Å². The molecule has 1 amide bonds. The Hall–Kier alpha value is -2.51. The van der Waals surface area contributed by atoms with E-state index in [4.69, 9.17) is 16.0 Å². The molecule has 0 saturated heterocycles. The van der Waals surface area contributed by atoms with Crippen molar-refractivity contribution in [3.63, 3.8) is 0 Å². The fourth-order valence-electron chi connectivity index (χ4n) is 1.83. The molecule has 0 aliphatic heterocycles. The second kappa shape index (κ2) is 6.31. The fraction of sp³-hybridized carbons (Fsp3) is 0.0667. The van der Waals surface area contributed by atoms with Crippen LogP contribution in [0.25, 0.3) is 10.8 Å². The summed E-state index contributed by atoms with van der Waals surface area (Å²) in [5, 5.41) is 10.1. The highest BCUT2D eigenvalue weighted by Gasteiger charge is 2.14. The van der Waals surface area contributed by atoms with Gasteiger partial charge in [-0.2, -0.15) is 0 Å². The van der Waals surface area contributed by atoms with E-state index in [0.29, 0.717) is 20.3 Å². The molecule has 23 heavy (non-hydrogen) atoms. The van der Waals surface area contributed by atoms with Crippen LogP contribution in [-0.2, 0) is 0 Å². The lowest BCUT2D eigenvalue weighted by Crippen LogP contribution is -2.12. The topological polar surface area (TPSA) is 85.1 Å². The molecule has 0 radical (unpaired) electrons. The highest BCUT2D eigenvalue weighted by atomic mass is 35.5. The van der Waals surface area contributed by atoms with Gasteiger partial charge in [0, 0.05) is 11.1 Å². The fourth-order valence-corrected chi connectivity index (χ4v) is 2.79. The third-order valence-corrected chi connectivity index (χ3v) is 4.20.